The average Bonchev–Trinajstić information content (AvgIpc) is 2.71. The van der Waals surface area contributed by atoms with Gasteiger partial charge in [-0.1, -0.05) is 12.0 Å². The van der Waals surface area contributed by atoms with Crippen LogP contribution in [0.1, 0.15) is 36.2 Å². The van der Waals surface area contributed by atoms with Crippen molar-refractivity contribution in [1.82, 2.24) is 14.9 Å². The van der Waals surface area contributed by atoms with Crippen molar-refractivity contribution in [3.63, 3.8) is 0 Å². The van der Waals surface area contributed by atoms with Gasteiger partial charge in [0.25, 0.3) is 0 Å². The number of nitrogens with zero attached hydrogens (tertiary/aromatic N) is 5. The molecule has 4 rings (SSSR count). The molecule has 0 N–H and O–H groups in total. The van der Waals surface area contributed by atoms with E-state index in [9.17, 15) is 5.26 Å². The summed E-state index contributed by atoms with van der Waals surface area (Å²) in [4.78, 5) is 13.8. The minimum atomic E-state index is 0.285. The highest BCUT2D eigenvalue weighted by atomic mass is 15.3. The molecule has 0 spiro atoms. The van der Waals surface area contributed by atoms with E-state index in [4.69, 9.17) is 0 Å². The first-order valence-corrected chi connectivity index (χ1v) is 9.55. The number of hydrogen-bond donors (Lipinski definition) is 0. The summed E-state index contributed by atoms with van der Waals surface area (Å²) >= 11 is 0. The van der Waals surface area contributed by atoms with Crippen LogP contribution >= 0.6 is 0 Å². The van der Waals surface area contributed by atoms with E-state index in [-0.39, 0.29) is 6.04 Å². The fourth-order valence-electron chi connectivity index (χ4n) is 4.10. The van der Waals surface area contributed by atoms with Gasteiger partial charge in [-0.2, -0.15) is 5.26 Å². The summed E-state index contributed by atoms with van der Waals surface area (Å²) in [5.41, 5.74) is 2.51. The number of rotatable bonds is 1. The second-order valence-electron chi connectivity index (χ2n) is 7.20. The van der Waals surface area contributed by atoms with Crippen LogP contribution in [0, 0.1) is 30.1 Å². The summed E-state index contributed by atoms with van der Waals surface area (Å²) in [6.45, 7) is 4.73. The standard InChI is InChI=1S/C22H23N5/c1-17-5-2-7-19(25-17)10-11-20-8-3-9-21-16-26(13-14-27(20)21)22-18(15-23)6-4-12-24-22/h2,4-7,12,20-21H,3,8-9,13-14,16H2,1H3/t20-,21-/m0/s1. The van der Waals surface area contributed by atoms with Crippen LogP contribution in [0.25, 0.3) is 0 Å². The van der Waals surface area contributed by atoms with Gasteiger partial charge in [0.1, 0.15) is 17.6 Å². The average molecular weight is 357 g/mol. The number of hydrogen-bond acceptors (Lipinski definition) is 5. The molecule has 136 valence electrons. The van der Waals surface area contributed by atoms with Gasteiger partial charge < -0.3 is 4.90 Å². The van der Waals surface area contributed by atoms with Crippen molar-refractivity contribution in [2.24, 2.45) is 0 Å². The smallest absolute Gasteiger partial charge is 0.146 e. The van der Waals surface area contributed by atoms with Gasteiger partial charge in [0.2, 0.25) is 0 Å². The molecule has 5 heteroatoms. The van der Waals surface area contributed by atoms with Crippen LogP contribution in [0.15, 0.2) is 36.5 Å². The first-order chi connectivity index (χ1) is 13.2. The Hall–Kier alpha value is -2.89. The molecule has 0 saturated carbocycles. The molecule has 2 aromatic rings. The monoisotopic (exact) mass is 357 g/mol. The summed E-state index contributed by atoms with van der Waals surface area (Å²) < 4.78 is 0. The first-order valence-electron chi connectivity index (χ1n) is 9.55. The fraction of sp³-hybridized carbons (Fsp3) is 0.409. The third kappa shape index (κ3) is 3.79. The molecule has 5 nitrogen and oxygen atoms in total. The molecule has 0 aliphatic carbocycles. The van der Waals surface area contributed by atoms with Crippen LogP contribution in [0.5, 0.6) is 0 Å². The predicted molar refractivity (Wildman–Crippen MR) is 105 cm³/mol. The lowest BCUT2D eigenvalue weighted by Crippen LogP contribution is -2.58. The molecule has 2 aliphatic heterocycles. The summed E-state index contributed by atoms with van der Waals surface area (Å²) in [6.07, 6.45) is 5.24. The molecular formula is C22H23N5. The van der Waals surface area contributed by atoms with E-state index in [0.29, 0.717) is 11.6 Å². The maximum absolute atomic E-state index is 9.37. The van der Waals surface area contributed by atoms with Gasteiger partial charge in [0, 0.05) is 37.6 Å². The minimum absolute atomic E-state index is 0.285. The topological polar surface area (TPSA) is 56.1 Å². The molecule has 0 radical (unpaired) electrons. The Morgan fingerprint density at radius 1 is 1.15 bits per heavy atom. The molecular weight excluding hydrogens is 334 g/mol. The molecule has 2 aliphatic rings. The van der Waals surface area contributed by atoms with E-state index < -0.39 is 0 Å². The summed E-state index contributed by atoms with van der Waals surface area (Å²) in [7, 11) is 0. The first kappa shape index (κ1) is 17.5. The van der Waals surface area contributed by atoms with Crippen LogP contribution in [0.3, 0.4) is 0 Å². The fourth-order valence-corrected chi connectivity index (χ4v) is 4.10. The Balaban J connectivity index is 1.49. The maximum atomic E-state index is 9.37. The van der Waals surface area contributed by atoms with Crippen molar-refractivity contribution in [2.45, 2.75) is 38.3 Å². The lowest BCUT2D eigenvalue weighted by Gasteiger charge is -2.47. The number of aromatic nitrogens is 2. The molecule has 0 unspecified atom stereocenters. The maximum Gasteiger partial charge on any atom is 0.146 e. The number of nitriles is 1. The number of piperidine rings is 1. The van der Waals surface area contributed by atoms with Crippen molar-refractivity contribution in [3.05, 3.63) is 53.5 Å². The van der Waals surface area contributed by atoms with Gasteiger partial charge in [-0.25, -0.2) is 9.97 Å². The van der Waals surface area contributed by atoms with Gasteiger partial charge >= 0.3 is 0 Å². The van der Waals surface area contributed by atoms with Crippen molar-refractivity contribution in [1.29, 1.82) is 5.26 Å². The van der Waals surface area contributed by atoms with Crippen LogP contribution in [-0.2, 0) is 0 Å². The van der Waals surface area contributed by atoms with Crippen LogP contribution in [-0.4, -0.2) is 46.6 Å². The molecule has 0 amide bonds. The Bertz CT molecular complexity index is 920. The van der Waals surface area contributed by atoms with E-state index in [1.807, 2.05) is 37.3 Å². The summed E-state index contributed by atoms with van der Waals surface area (Å²) in [5, 5.41) is 9.37. The van der Waals surface area contributed by atoms with E-state index in [0.717, 1.165) is 43.3 Å². The molecule has 2 fully saturated rings. The zero-order valence-electron chi connectivity index (χ0n) is 15.6. The second kappa shape index (κ2) is 7.78. The third-order valence-electron chi connectivity index (χ3n) is 5.41. The largest absolute Gasteiger partial charge is 0.353 e. The second-order valence-corrected chi connectivity index (χ2v) is 7.20. The Labute approximate surface area is 160 Å². The number of piperazine rings is 1. The van der Waals surface area contributed by atoms with Gasteiger partial charge in [-0.05, 0) is 56.4 Å². The molecule has 27 heavy (non-hydrogen) atoms. The number of pyridine rings is 2. The number of fused-ring (bicyclic) bond motifs is 1. The van der Waals surface area contributed by atoms with Gasteiger partial charge in [0.05, 0.1) is 11.6 Å². The van der Waals surface area contributed by atoms with Crippen molar-refractivity contribution in [3.8, 4) is 17.9 Å². The Kier molecular flexibility index (Phi) is 5.05. The highest BCUT2D eigenvalue weighted by Gasteiger charge is 2.35. The highest BCUT2D eigenvalue weighted by molar-refractivity contribution is 5.54. The van der Waals surface area contributed by atoms with Gasteiger partial charge in [0.15, 0.2) is 0 Å². The normalized spacial score (nSPS) is 22.3. The zero-order chi connectivity index (χ0) is 18.6. The third-order valence-corrected chi connectivity index (χ3v) is 5.41. The lowest BCUT2D eigenvalue weighted by atomic mass is 9.93. The minimum Gasteiger partial charge on any atom is -0.353 e. The number of aryl methyl sites for hydroxylation is 1. The van der Waals surface area contributed by atoms with E-state index in [2.05, 4.69) is 37.7 Å². The molecule has 0 bridgehead atoms. The van der Waals surface area contributed by atoms with Crippen molar-refractivity contribution >= 4 is 5.82 Å². The van der Waals surface area contributed by atoms with Crippen LogP contribution in [0.2, 0.25) is 0 Å². The quantitative estimate of drug-likeness (QED) is 0.735. The van der Waals surface area contributed by atoms with Crippen LogP contribution in [0.4, 0.5) is 5.82 Å². The molecule has 0 aromatic carbocycles. The summed E-state index contributed by atoms with van der Waals surface area (Å²) in [6, 6.07) is 12.7. The number of anilines is 1. The van der Waals surface area contributed by atoms with E-state index in [1.54, 1.807) is 6.20 Å². The van der Waals surface area contributed by atoms with Gasteiger partial charge in [-0.3, -0.25) is 4.90 Å². The van der Waals surface area contributed by atoms with Crippen molar-refractivity contribution < 1.29 is 0 Å². The highest BCUT2D eigenvalue weighted by Crippen LogP contribution is 2.28. The van der Waals surface area contributed by atoms with E-state index >= 15 is 0 Å². The Morgan fingerprint density at radius 3 is 2.93 bits per heavy atom. The molecule has 2 atom stereocenters. The van der Waals surface area contributed by atoms with Crippen LogP contribution < -0.4 is 4.90 Å². The molecule has 4 heterocycles. The van der Waals surface area contributed by atoms with E-state index in [1.165, 1.54) is 12.8 Å². The SMILES string of the molecule is Cc1cccc(C#C[C@@H]2CCC[C@H]3CN(c4ncccc4C#N)CCN32)n1. The zero-order valence-corrected chi connectivity index (χ0v) is 15.6. The predicted octanol–water partition coefficient (Wildman–Crippen LogP) is 2.75. The lowest BCUT2D eigenvalue weighted by molar-refractivity contribution is 0.100. The van der Waals surface area contributed by atoms with Crippen molar-refractivity contribution in [2.75, 3.05) is 24.5 Å². The summed E-state index contributed by atoms with van der Waals surface area (Å²) in [5.74, 6) is 7.56. The Morgan fingerprint density at radius 2 is 2.07 bits per heavy atom. The molecule has 2 saturated heterocycles. The van der Waals surface area contributed by atoms with Gasteiger partial charge in [-0.15, -0.1) is 0 Å². The molecule has 2 aromatic heterocycles.